The maximum Gasteiger partial charge on any atom is 0.261 e. The molecule has 7 nitrogen and oxygen atoms in total. The zero-order valence-corrected chi connectivity index (χ0v) is 17.1. The lowest BCUT2D eigenvalue weighted by molar-refractivity contribution is 0.102. The number of benzene rings is 2. The normalized spacial score (nSPS) is 11.5. The lowest BCUT2D eigenvalue weighted by Crippen LogP contribution is -2.16. The Morgan fingerprint density at radius 3 is 2.45 bits per heavy atom. The molecule has 152 valence electrons. The molecule has 0 aliphatic heterocycles. The number of hydrogen-bond donors (Lipinski definition) is 3. The van der Waals surface area contributed by atoms with Crippen molar-refractivity contribution in [3.8, 4) is 0 Å². The topological polar surface area (TPSA) is 104 Å². The standard InChI is InChI=1S/C19H18ClFN4O3S/c1-11(2)17-10-18(24-23-17)22-19(26)15-9-14(7-8-16(15)20)29(27,28)25-13-5-3-12(21)4-6-13/h3-11,25H,1-2H3,(H2,22,23,24,26). The van der Waals surface area contributed by atoms with Crippen LogP contribution >= 0.6 is 11.6 Å². The fraction of sp³-hybridized carbons (Fsp3) is 0.158. The second kappa shape index (κ2) is 8.22. The van der Waals surface area contributed by atoms with Crippen LogP contribution in [0.1, 0.15) is 35.8 Å². The molecule has 1 amide bonds. The van der Waals surface area contributed by atoms with Gasteiger partial charge in [-0.15, -0.1) is 0 Å². The van der Waals surface area contributed by atoms with E-state index < -0.39 is 21.7 Å². The first-order chi connectivity index (χ1) is 13.7. The molecule has 3 rings (SSSR count). The maximum absolute atomic E-state index is 13.0. The predicted octanol–water partition coefficient (Wildman–Crippen LogP) is 4.38. The molecule has 10 heteroatoms. The minimum absolute atomic E-state index is 0.0252. The second-order valence-electron chi connectivity index (χ2n) is 6.57. The van der Waals surface area contributed by atoms with Gasteiger partial charge in [-0.2, -0.15) is 5.10 Å². The van der Waals surface area contributed by atoms with E-state index in [1.165, 1.54) is 30.3 Å². The largest absolute Gasteiger partial charge is 0.305 e. The van der Waals surface area contributed by atoms with Crippen LogP contribution in [0.25, 0.3) is 0 Å². The van der Waals surface area contributed by atoms with Gasteiger partial charge < -0.3 is 5.32 Å². The van der Waals surface area contributed by atoms with Gasteiger partial charge in [0, 0.05) is 17.4 Å². The fourth-order valence-electron chi connectivity index (χ4n) is 2.46. The van der Waals surface area contributed by atoms with Crippen molar-refractivity contribution in [2.45, 2.75) is 24.7 Å². The number of nitrogens with zero attached hydrogens (tertiary/aromatic N) is 1. The van der Waals surface area contributed by atoms with Crippen LogP contribution in [0.4, 0.5) is 15.9 Å². The quantitative estimate of drug-likeness (QED) is 0.533. The van der Waals surface area contributed by atoms with Crippen molar-refractivity contribution in [1.29, 1.82) is 0 Å². The molecule has 0 radical (unpaired) electrons. The number of aromatic nitrogens is 2. The van der Waals surface area contributed by atoms with Crippen LogP contribution in [-0.4, -0.2) is 24.5 Å². The molecule has 2 aromatic carbocycles. The van der Waals surface area contributed by atoms with E-state index in [9.17, 15) is 17.6 Å². The first kappa shape index (κ1) is 20.8. The summed E-state index contributed by atoms with van der Waals surface area (Å²) < 4.78 is 40.6. The number of carbonyl (C=O) groups excluding carboxylic acids is 1. The van der Waals surface area contributed by atoms with Gasteiger partial charge in [-0.1, -0.05) is 25.4 Å². The summed E-state index contributed by atoms with van der Waals surface area (Å²) in [6, 6.07) is 10.3. The van der Waals surface area contributed by atoms with E-state index in [-0.39, 0.29) is 27.1 Å². The Morgan fingerprint density at radius 2 is 1.83 bits per heavy atom. The van der Waals surface area contributed by atoms with Crippen molar-refractivity contribution in [2.75, 3.05) is 10.0 Å². The number of aromatic amines is 1. The molecule has 0 fully saturated rings. The van der Waals surface area contributed by atoms with Crippen molar-refractivity contribution in [3.63, 3.8) is 0 Å². The van der Waals surface area contributed by atoms with Gasteiger partial charge in [0.1, 0.15) is 5.82 Å². The highest BCUT2D eigenvalue weighted by Crippen LogP contribution is 2.24. The molecule has 1 heterocycles. The van der Waals surface area contributed by atoms with Crippen LogP contribution in [-0.2, 0) is 10.0 Å². The Hall–Kier alpha value is -2.91. The molecule has 0 unspecified atom stereocenters. The third-order valence-electron chi connectivity index (χ3n) is 4.05. The molecule has 0 atom stereocenters. The molecule has 3 aromatic rings. The Balaban J connectivity index is 1.84. The Bertz CT molecular complexity index is 1140. The smallest absolute Gasteiger partial charge is 0.261 e. The molecule has 0 aliphatic carbocycles. The number of amides is 1. The number of anilines is 2. The van der Waals surface area contributed by atoms with Crippen molar-refractivity contribution < 1.29 is 17.6 Å². The van der Waals surface area contributed by atoms with E-state index in [0.29, 0.717) is 5.82 Å². The van der Waals surface area contributed by atoms with Gasteiger partial charge in [0.05, 0.1) is 15.5 Å². The summed E-state index contributed by atoms with van der Waals surface area (Å²) in [6.07, 6.45) is 0. The van der Waals surface area contributed by atoms with Crippen LogP contribution in [0.5, 0.6) is 0 Å². The van der Waals surface area contributed by atoms with E-state index in [0.717, 1.165) is 17.8 Å². The third-order valence-corrected chi connectivity index (χ3v) is 5.76. The molecule has 3 N–H and O–H groups in total. The van der Waals surface area contributed by atoms with Gasteiger partial charge in [0.2, 0.25) is 0 Å². The minimum Gasteiger partial charge on any atom is -0.305 e. The van der Waals surface area contributed by atoms with Crippen LogP contribution < -0.4 is 10.0 Å². The van der Waals surface area contributed by atoms with Crippen LogP contribution in [0.2, 0.25) is 5.02 Å². The minimum atomic E-state index is -4.01. The second-order valence-corrected chi connectivity index (χ2v) is 8.66. The Labute approximate surface area is 172 Å². The number of sulfonamides is 1. The van der Waals surface area contributed by atoms with E-state index in [2.05, 4.69) is 20.2 Å². The van der Waals surface area contributed by atoms with Gasteiger partial charge in [0.15, 0.2) is 5.82 Å². The summed E-state index contributed by atoms with van der Waals surface area (Å²) in [4.78, 5) is 12.4. The molecule has 0 saturated carbocycles. The first-order valence-electron chi connectivity index (χ1n) is 8.60. The molecule has 29 heavy (non-hydrogen) atoms. The molecular weight excluding hydrogens is 419 g/mol. The van der Waals surface area contributed by atoms with E-state index >= 15 is 0 Å². The van der Waals surface area contributed by atoms with E-state index in [1.54, 1.807) is 6.07 Å². The van der Waals surface area contributed by atoms with Crippen LogP contribution in [0, 0.1) is 5.82 Å². The van der Waals surface area contributed by atoms with Gasteiger partial charge >= 0.3 is 0 Å². The number of halogens is 2. The SMILES string of the molecule is CC(C)c1cc(NC(=O)c2cc(S(=O)(=O)Nc3ccc(F)cc3)ccc2Cl)n[nH]1. The lowest BCUT2D eigenvalue weighted by atomic mass is 10.1. The van der Waals surface area contributed by atoms with Gasteiger partial charge in [-0.3, -0.25) is 14.6 Å². The number of nitrogens with one attached hydrogen (secondary N) is 3. The van der Waals surface area contributed by atoms with Crippen LogP contribution in [0.15, 0.2) is 53.4 Å². The van der Waals surface area contributed by atoms with E-state index in [1.807, 2.05) is 13.8 Å². The third kappa shape index (κ3) is 4.93. The molecule has 0 bridgehead atoms. The average Bonchev–Trinajstić information content (AvgIpc) is 3.12. The summed E-state index contributed by atoms with van der Waals surface area (Å²) in [7, 11) is -4.01. The Kier molecular flexibility index (Phi) is 5.90. The monoisotopic (exact) mass is 436 g/mol. The zero-order chi connectivity index (χ0) is 21.2. The number of carbonyl (C=O) groups is 1. The molecule has 0 saturated heterocycles. The number of rotatable bonds is 6. The summed E-state index contributed by atoms with van der Waals surface area (Å²) in [5.41, 5.74) is 0.999. The van der Waals surface area contributed by atoms with Gasteiger partial charge in [-0.25, -0.2) is 12.8 Å². The summed E-state index contributed by atoms with van der Waals surface area (Å²) in [5, 5.41) is 9.49. The summed E-state index contributed by atoms with van der Waals surface area (Å²) in [6.45, 7) is 3.94. The molecule has 0 spiro atoms. The van der Waals surface area contributed by atoms with Crippen molar-refractivity contribution in [2.24, 2.45) is 0 Å². The number of H-pyrrole nitrogens is 1. The first-order valence-corrected chi connectivity index (χ1v) is 10.5. The molecule has 0 aliphatic rings. The summed E-state index contributed by atoms with van der Waals surface area (Å²) in [5.74, 6) is -0.594. The van der Waals surface area contributed by atoms with E-state index in [4.69, 9.17) is 11.6 Å². The Morgan fingerprint density at radius 1 is 1.14 bits per heavy atom. The fourth-order valence-corrected chi connectivity index (χ4v) is 3.75. The molecule has 1 aromatic heterocycles. The molecular formula is C19H18ClFN4O3S. The lowest BCUT2D eigenvalue weighted by Gasteiger charge is -2.10. The highest BCUT2D eigenvalue weighted by molar-refractivity contribution is 7.92. The highest BCUT2D eigenvalue weighted by atomic mass is 35.5. The van der Waals surface area contributed by atoms with Crippen molar-refractivity contribution >= 4 is 39.0 Å². The predicted molar refractivity (Wildman–Crippen MR) is 109 cm³/mol. The van der Waals surface area contributed by atoms with Crippen molar-refractivity contribution in [3.05, 3.63) is 70.6 Å². The summed E-state index contributed by atoms with van der Waals surface area (Å²) >= 11 is 6.09. The highest BCUT2D eigenvalue weighted by Gasteiger charge is 2.20. The van der Waals surface area contributed by atoms with Gasteiger partial charge in [-0.05, 0) is 48.4 Å². The number of hydrogen-bond acceptors (Lipinski definition) is 4. The van der Waals surface area contributed by atoms with Gasteiger partial charge in [0.25, 0.3) is 15.9 Å². The maximum atomic E-state index is 13.0. The van der Waals surface area contributed by atoms with Crippen LogP contribution in [0.3, 0.4) is 0 Å². The zero-order valence-electron chi connectivity index (χ0n) is 15.5. The average molecular weight is 437 g/mol. The van der Waals surface area contributed by atoms with Crippen molar-refractivity contribution in [1.82, 2.24) is 10.2 Å².